The van der Waals surface area contributed by atoms with Crippen molar-refractivity contribution in [3.63, 3.8) is 0 Å². The molecule has 2 N–H and O–H groups in total. The van der Waals surface area contributed by atoms with Gasteiger partial charge >= 0.3 is 0 Å². The van der Waals surface area contributed by atoms with Crippen LogP contribution in [0.3, 0.4) is 0 Å². The molecule has 5 heteroatoms. The molecule has 1 heterocycles. The molecular weight excluding hydrogens is 260 g/mol. The van der Waals surface area contributed by atoms with Gasteiger partial charge in [-0.1, -0.05) is 30.4 Å². The maximum absolute atomic E-state index is 12.5. The van der Waals surface area contributed by atoms with Gasteiger partial charge in [0.05, 0.1) is 17.5 Å². The van der Waals surface area contributed by atoms with Gasteiger partial charge in [-0.15, -0.1) is 0 Å². The molecule has 102 valence electrons. The molecule has 2 rings (SSSR count). The number of carbonyl (C=O) groups is 1. The first-order valence-electron chi connectivity index (χ1n) is 6.34. The minimum absolute atomic E-state index is 0.104. The molecule has 1 aromatic carbocycles. The van der Waals surface area contributed by atoms with Crippen molar-refractivity contribution in [2.45, 2.75) is 18.8 Å². The Hall–Kier alpha value is -1.62. The molecule has 1 unspecified atom stereocenters. The highest BCUT2D eigenvalue weighted by atomic mass is 32.1. The van der Waals surface area contributed by atoms with Crippen LogP contribution in [-0.4, -0.2) is 36.0 Å². The van der Waals surface area contributed by atoms with Crippen molar-refractivity contribution in [2.75, 3.05) is 20.2 Å². The molecule has 1 aliphatic rings. The van der Waals surface area contributed by atoms with Crippen molar-refractivity contribution >= 4 is 23.1 Å². The molecule has 0 spiro atoms. The normalized spacial score (nSPS) is 17.2. The number of benzene rings is 1. The first-order valence-corrected chi connectivity index (χ1v) is 6.75. The quantitative estimate of drug-likeness (QED) is 0.852. The number of fused-ring (bicyclic) bond motifs is 1. The number of amides is 1. The lowest BCUT2D eigenvalue weighted by Crippen LogP contribution is -2.36. The van der Waals surface area contributed by atoms with Gasteiger partial charge in [0.25, 0.3) is 0 Å². The van der Waals surface area contributed by atoms with E-state index in [2.05, 4.69) is 0 Å². The van der Waals surface area contributed by atoms with Crippen molar-refractivity contribution in [3.8, 4) is 5.75 Å². The zero-order chi connectivity index (χ0) is 13.8. The maximum Gasteiger partial charge on any atom is 0.230 e. The van der Waals surface area contributed by atoms with Crippen molar-refractivity contribution < 1.29 is 9.53 Å². The summed E-state index contributed by atoms with van der Waals surface area (Å²) in [5.41, 5.74) is 6.44. The Labute approximate surface area is 118 Å². The van der Waals surface area contributed by atoms with Gasteiger partial charge in [0.2, 0.25) is 5.91 Å². The number of ether oxygens (including phenoxy) is 1. The summed E-state index contributed by atoms with van der Waals surface area (Å²) in [5.74, 6) is 0.795. The third kappa shape index (κ3) is 3.23. The number of hydrogen-bond donors (Lipinski definition) is 1. The van der Waals surface area contributed by atoms with Crippen LogP contribution < -0.4 is 10.5 Å². The fraction of sp³-hybridized carbons (Fsp3) is 0.429. The minimum atomic E-state index is -0.124. The van der Waals surface area contributed by atoms with E-state index in [-0.39, 0.29) is 11.8 Å². The number of para-hydroxylation sites is 1. The van der Waals surface area contributed by atoms with E-state index in [1.165, 1.54) is 0 Å². The van der Waals surface area contributed by atoms with Gasteiger partial charge in [0.1, 0.15) is 5.75 Å². The van der Waals surface area contributed by atoms with E-state index >= 15 is 0 Å². The molecule has 1 aromatic rings. The Bertz CT molecular complexity index is 490. The number of likely N-dealkylation sites (N-methyl/N-ethyl adjacent to an activating group) is 1. The molecule has 4 nitrogen and oxygen atoms in total. The fourth-order valence-electron chi connectivity index (χ4n) is 2.25. The van der Waals surface area contributed by atoms with Crippen molar-refractivity contribution in [1.29, 1.82) is 0 Å². The third-order valence-corrected chi connectivity index (χ3v) is 3.53. The van der Waals surface area contributed by atoms with Crippen molar-refractivity contribution in [3.05, 3.63) is 29.8 Å². The maximum atomic E-state index is 12.5. The average molecular weight is 278 g/mol. The first kappa shape index (κ1) is 13.8. The van der Waals surface area contributed by atoms with Gasteiger partial charge in [0.15, 0.2) is 0 Å². The summed E-state index contributed by atoms with van der Waals surface area (Å²) in [5, 5.41) is 0. The second-order valence-electron chi connectivity index (χ2n) is 4.70. The zero-order valence-corrected chi connectivity index (χ0v) is 11.8. The predicted molar refractivity (Wildman–Crippen MR) is 78.3 cm³/mol. The summed E-state index contributed by atoms with van der Waals surface area (Å²) in [7, 11) is 1.79. The van der Waals surface area contributed by atoms with Gasteiger partial charge in [-0.25, -0.2) is 0 Å². The predicted octanol–water partition coefficient (Wildman–Crippen LogP) is 1.69. The summed E-state index contributed by atoms with van der Waals surface area (Å²) in [6, 6.07) is 7.72. The van der Waals surface area contributed by atoms with Gasteiger partial charge in [0, 0.05) is 25.6 Å². The number of nitrogens with zero attached hydrogens (tertiary/aromatic N) is 1. The second-order valence-corrected chi connectivity index (χ2v) is 5.23. The molecule has 1 amide bonds. The smallest absolute Gasteiger partial charge is 0.230 e. The van der Waals surface area contributed by atoms with E-state index in [1.54, 1.807) is 11.9 Å². The monoisotopic (exact) mass is 278 g/mol. The van der Waals surface area contributed by atoms with Crippen LogP contribution >= 0.6 is 12.2 Å². The molecule has 0 saturated carbocycles. The van der Waals surface area contributed by atoms with E-state index in [0.717, 1.165) is 11.3 Å². The summed E-state index contributed by atoms with van der Waals surface area (Å²) in [6.07, 6.45) is 1.27. The van der Waals surface area contributed by atoms with Crippen LogP contribution in [0.1, 0.15) is 24.3 Å². The molecule has 1 aliphatic heterocycles. The highest BCUT2D eigenvalue weighted by Gasteiger charge is 2.29. The van der Waals surface area contributed by atoms with Crippen molar-refractivity contribution in [1.82, 2.24) is 4.90 Å². The Balaban J connectivity index is 2.10. The zero-order valence-electron chi connectivity index (χ0n) is 11.0. The van der Waals surface area contributed by atoms with Crippen LogP contribution in [0.25, 0.3) is 0 Å². The van der Waals surface area contributed by atoms with Crippen LogP contribution in [0.5, 0.6) is 5.75 Å². The van der Waals surface area contributed by atoms with Gasteiger partial charge in [-0.2, -0.15) is 0 Å². The molecule has 0 radical (unpaired) electrons. The largest absolute Gasteiger partial charge is 0.493 e. The molecule has 0 aliphatic carbocycles. The van der Waals surface area contributed by atoms with E-state index in [4.69, 9.17) is 22.7 Å². The summed E-state index contributed by atoms with van der Waals surface area (Å²) in [4.78, 5) is 14.6. The third-order valence-electron chi connectivity index (χ3n) is 3.33. The molecule has 0 saturated heterocycles. The number of nitrogens with two attached hydrogens (primary N) is 1. The highest BCUT2D eigenvalue weighted by molar-refractivity contribution is 7.80. The molecule has 0 fully saturated rings. The van der Waals surface area contributed by atoms with E-state index < -0.39 is 0 Å². The topological polar surface area (TPSA) is 55.6 Å². The van der Waals surface area contributed by atoms with Gasteiger partial charge in [-0.05, 0) is 12.5 Å². The summed E-state index contributed by atoms with van der Waals surface area (Å²) < 4.78 is 5.57. The lowest BCUT2D eigenvalue weighted by molar-refractivity contribution is -0.132. The van der Waals surface area contributed by atoms with Gasteiger partial charge < -0.3 is 15.4 Å². The minimum Gasteiger partial charge on any atom is -0.493 e. The second kappa shape index (κ2) is 6.02. The number of thiocarbonyl (C=S) groups is 1. The van der Waals surface area contributed by atoms with Crippen LogP contribution in [-0.2, 0) is 4.79 Å². The number of rotatable bonds is 4. The lowest BCUT2D eigenvalue weighted by Gasteiger charge is -2.28. The first-order chi connectivity index (χ1) is 9.09. The van der Waals surface area contributed by atoms with Crippen molar-refractivity contribution in [2.24, 2.45) is 5.73 Å². The highest BCUT2D eigenvalue weighted by Crippen LogP contribution is 2.34. The van der Waals surface area contributed by atoms with Crippen LogP contribution in [0.4, 0.5) is 0 Å². The van der Waals surface area contributed by atoms with Crippen LogP contribution in [0.2, 0.25) is 0 Å². The van der Waals surface area contributed by atoms with E-state index in [0.29, 0.717) is 31.0 Å². The van der Waals surface area contributed by atoms with E-state index in [9.17, 15) is 4.79 Å². The molecule has 19 heavy (non-hydrogen) atoms. The molecular formula is C14H18N2O2S. The number of carbonyl (C=O) groups excluding carboxylic acids is 1. The number of hydrogen-bond acceptors (Lipinski definition) is 3. The SMILES string of the molecule is CN(CCC(N)=S)C(=O)C1CCOc2ccccc21. The molecule has 0 bridgehead atoms. The van der Waals surface area contributed by atoms with Gasteiger partial charge in [-0.3, -0.25) is 4.79 Å². The average Bonchev–Trinajstić information content (AvgIpc) is 2.43. The summed E-state index contributed by atoms with van der Waals surface area (Å²) >= 11 is 4.84. The Morgan fingerprint density at radius 2 is 2.26 bits per heavy atom. The Morgan fingerprint density at radius 3 is 3.00 bits per heavy atom. The van der Waals surface area contributed by atoms with E-state index in [1.807, 2.05) is 24.3 Å². The molecule has 0 aromatic heterocycles. The summed E-state index contributed by atoms with van der Waals surface area (Å²) in [6.45, 7) is 1.14. The fourth-order valence-corrected chi connectivity index (χ4v) is 2.34. The standard InChI is InChI=1S/C14H18N2O2S/c1-16(8-6-13(15)19)14(17)11-7-9-18-12-5-3-2-4-10(11)12/h2-5,11H,6-9H2,1H3,(H2,15,19). The van der Waals surface area contributed by atoms with Crippen LogP contribution in [0.15, 0.2) is 24.3 Å². The Kier molecular flexibility index (Phi) is 4.37. The Morgan fingerprint density at radius 1 is 1.53 bits per heavy atom. The molecule has 1 atom stereocenters. The van der Waals surface area contributed by atoms with Crippen LogP contribution in [0, 0.1) is 0 Å². The lowest BCUT2D eigenvalue weighted by atomic mass is 9.92.